The van der Waals surface area contributed by atoms with Crippen LogP contribution in [0.3, 0.4) is 0 Å². The maximum Gasteiger partial charge on any atom is 0.151 e. The van der Waals surface area contributed by atoms with Gasteiger partial charge in [-0.1, -0.05) is 19.9 Å². The fourth-order valence-corrected chi connectivity index (χ4v) is 2.85. The first-order valence-electron chi connectivity index (χ1n) is 7.28. The highest BCUT2D eigenvalue weighted by Gasteiger charge is 2.25. The molecule has 0 saturated heterocycles. The third kappa shape index (κ3) is 3.22. The standard InChI is InChI=1S/C16H23ClFN3/c1-10(2)14(9-20(4)5)21-13-8-6-7-12(18)15(13)19-16(21)11(3)17/h6-8,10-11,14H,9H2,1-5H3. The highest BCUT2D eigenvalue weighted by Crippen LogP contribution is 2.32. The fraction of sp³-hybridized carbons (Fsp3) is 0.562. The van der Waals surface area contributed by atoms with Crippen molar-refractivity contribution in [3.63, 3.8) is 0 Å². The molecule has 0 spiro atoms. The van der Waals surface area contributed by atoms with Crippen molar-refractivity contribution in [3.8, 4) is 0 Å². The highest BCUT2D eigenvalue weighted by atomic mass is 35.5. The zero-order chi connectivity index (χ0) is 15.7. The lowest BCUT2D eigenvalue weighted by atomic mass is 10.0. The molecule has 1 heterocycles. The number of likely N-dealkylation sites (N-methyl/N-ethyl adjacent to an activating group) is 1. The van der Waals surface area contributed by atoms with Crippen LogP contribution in [0, 0.1) is 11.7 Å². The molecule has 0 fully saturated rings. The number of nitrogens with zero attached hydrogens (tertiary/aromatic N) is 3. The van der Waals surface area contributed by atoms with Crippen LogP contribution in [-0.4, -0.2) is 35.1 Å². The number of benzene rings is 1. The maximum atomic E-state index is 14.0. The Bertz CT molecular complexity index is 619. The summed E-state index contributed by atoms with van der Waals surface area (Å²) < 4.78 is 16.2. The Morgan fingerprint density at radius 3 is 2.48 bits per heavy atom. The molecule has 0 bridgehead atoms. The Hall–Kier alpha value is -1.13. The van der Waals surface area contributed by atoms with Gasteiger partial charge in [-0.15, -0.1) is 11.6 Å². The Kier molecular flexibility index (Phi) is 4.89. The normalized spacial score (nSPS) is 15.1. The van der Waals surface area contributed by atoms with Gasteiger partial charge in [-0.25, -0.2) is 9.37 Å². The van der Waals surface area contributed by atoms with E-state index < -0.39 is 0 Å². The molecular formula is C16H23ClFN3. The zero-order valence-electron chi connectivity index (χ0n) is 13.3. The minimum atomic E-state index is -0.294. The summed E-state index contributed by atoms with van der Waals surface area (Å²) in [5.41, 5.74) is 1.22. The molecule has 0 aliphatic rings. The van der Waals surface area contributed by atoms with Crippen LogP contribution in [0.4, 0.5) is 4.39 Å². The lowest BCUT2D eigenvalue weighted by Gasteiger charge is -2.28. The van der Waals surface area contributed by atoms with Gasteiger partial charge in [-0.2, -0.15) is 0 Å². The van der Waals surface area contributed by atoms with Gasteiger partial charge in [0.15, 0.2) is 5.82 Å². The summed E-state index contributed by atoms with van der Waals surface area (Å²) in [4.78, 5) is 6.60. The Morgan fingerprint density at radius 1 is 1.29 bits per heavy atom. The van der Waals surface area contributed by atoms with E-state index in [1.807, 2.05) is 27.1 Å². The van der Waals surface area contributed by atoms with Crippen LogP contribution in [-0.2, 0) is 0 Å². The van der Waals surface area contributed by atoms with E-state index in [2.05, 4.69) is 28.3 Å². The average molecular weight is 312 g/mol. The van der Waals surface area contributed by atoms with Gasteiger partial charge in [0.1, 0.15) is 11.3 Å². The van der Waals surface area contributed by atoms with E-state index in [0.717, 1.165) is 17.9 Å². The van der Waals surface area contributed by atoms with Crippen molar-refractivity contribution in [3.05, 3.63) is 29.8 Å². The van der Waals surface area contributed by atoms with Crippen LogP contribution in [0.1, 0.15) is 38.0 Å². The SMILES string of the molecule is CC(Cl)c1nc2c(F)cccc2n1C(CN(C)C)C(C)C. The quantitative estimate of drug-likeness (QED) is 0.770. The smallest absolute Gasteiger partial charge is 0.151 e. The molecule has 1 aromatic heterocycles. The van der Waals surface area contributed by atoms with E-state index in [0.29, 0.717) is 11.4 Å². The van der Waals surface area contributed by atoms with Gasteiger partial charge in [-0.05, 0) is 39.1 Å². The molecule has 2 unspecified atom stereocenters. The number of hydrogen-bond acceptors (Lipinski definition) is 2. The van der Waals surface area contributed by atoms with Gasteiger partial charge in [0, 0.05) is 6.54 Å². The van der Waals surface area contributed by atoms with Gasteiger partial charge >= 0.3 is 0 Å². The number of hydrogen-bond donors (Lipinski definition) is 0. The van der Waals surface area contributed by atoms with Gasteiger partial charge in [-0.3, -0.25) is 0 Å². The third-order valence-electron chi connectivity index (χ3n) is 3.71. The Balaban J connectivity index is 2.69. The van der Waals surface area contributed by atoms with Crippen molar-refractivity contribution in [1.82, 2.24) is 14.5 Å². The van der Waals surface area contributed by atoms with Gasteiger partial charge < -0.3 is 9.47 Å². The largest absolute Gasteiger partial charge is 0.322 e. The monoisotopic (exact) mass is 311 g/mol. The number of rotatable bonds is 5. The van der Waals surface area contributed by atoms with Crippen molar-refractivity contribution < 1.29 is 4.39 Å². The average Bonchev–Trinajstić information content (AvgIpc) is 2.76. The Labute approximate surface area is 130 Å². The molecule has 3 nitrogen and oxygen atoms in total. The van der Waals surface area contributed by atoms with Crippen LogP contribution < -0.4 is 0 Å². The van der Waals surface area contributed by atoms with Crippen LogP contribution >= 0.6 is 11.6 Å². The van der Waals surface area contributed by atoms with E-state index >= 15 is 0 Å². The zero-order valence-corrected chi connectivity index (χ0v) is 14.0. The fourth-order valence-electron chi connectivity index (χ4n) is 2.69. The molecule has 1 aromatic carbocycles. The minimum absolute atomic E-state index is 0.197. The molecule has 0 aliphatic carbocycles. The number of para-hydroxylation sites is 1. The second-order valence-electron chi connectivity index (χ2n) is 6.14. The van der Waals surface area contributed by atoms with E-state index in [1.54, 1.807) is 6.07 Å². The van der Waals surface area contributed by atoms with E-state index in [1.165, 1.54) is 6.07 Å². The first-order chi connectivity index (χ1) is 9.82. The third-order valence-corrected chi connectivity index (χ3v) is 3.90. The molecular weight excluding hydrogens is 289 g/mol. The summed E-state index contributed by atoms with van der Waals surface area (Å²) >= 11 is 6.30. The van der Waals surface area contributed by atoms with Gasteiger partial charge in [0.25, 0.3) is 0 Å². The summed E-state index contributed by atoms with van der Waals surface area (Å²) in [6, 6.07) is 5.28. The lowest BCUT2D eigenvalue weighted by molar-refractivity contribution is 0.269. The van der Waals surface area contributed by atoms with Crippen molar-refractivity contribution in [2.24, 2.45) is 5.92 Å². The summed E-state index contributed by atoms with van der Waals surface area (Å²) in [6.07, 6.45) is 0. The lowest BCUT2D eigenvalue weighted by Crippen LogP contribution is -2.29. The molecule has 2 aromatic rings. The summed E-state index contributed by atoms with van der Waals surface area (Å²) in [5, 5.41) is -0.264. The van der Waals surface area contributed by atoms with E-state index in [4.69, 9.17) is 11.6 Å². The van der Waals surface area contributed by atoms with Gasteiger partial charge in [0.05, 0.1) is 16.9 Å². The molecule has 0 aliphatic heterocycles. The first kappa shape index (κ1) is 16.2. The van der Waals surface area contributed by atoms with Crippen molar-refractivity contribution in [2.45, 2.75) is 32.2 Å². The highest BCUT2D eigenvalue weighted by molar-refractivity contribution is 6.20. The van der Waals surface area contributed by atoms with Crippen LogP contribution in [0.15, 0.2) is 18.2 Å². The molecule has 0 amide bonds. The molecule has 2 rings (SSSR count). The van der Waals surface area contributed by atoms with Crippen molar-refractivity contribution in [2.75, 3.05) is 20.6 Å². The predicted molar refractivity (Wildman–Crippen MR) is 86.4 cm³/mol. The molecule has 21 heavy (non-hydrogen) atoms. The van der Waals surface area contributed by atoms with Crippen molar-refractivity contribution >= 4 is 22.6 Å². The number of aromatic nitrogens is 2. The molecule has 116 valence electrons. The second kappa shape index (κ2) is 6.32. The van der Waals surface area contributed by atoms with Crippen LogP contribution in [0.25, 0.3) is 11.0 Å². The molecule has 5 heteroatoms. The van der Waals surface area contributed by atoms with E-state index in [-0.39, 0.29) is 17.2 Å². The van der Waals surface area contributed by atoms with Crippen LogP contribution in [0.2, 0.25) is 0 Å². The topological polar surface area (TPSA) is 21.1 Å². The van der Waals surface area contributed by atoms with Gasteiger partial charge in [0.2, 0.25) is 0 Å². The Morgan fingerprint density at radius 2 is 1.95 bits per heavy atom. The number of halogens is 2. The predicted octanol–water partition coefficient (Wildman–Crippen LogP) is 4.23. The van der Waals surface area contributed by atoms with Crippen molar-refractivity contribution in [1.29, 1.82) is 0 Å². The molecule has 2 atom stereocenters. The van der Waals surface area contributed by atoms with Crippen LogP contribution in [0.5, 0.6) is 0 Å². The minimum Gasteiger partial charge on any atom is -0.322 e. The number of alkyl halides is 1. The maximum absolute atomic E-state index is 14.0. The summed E-state index contributed by atoms with van der Waals surface area (Å²) in [6.45, 7) is 7.07. The summed E-state index contributed by atoms with van der Waals surface area (Å²) in [7, 11) is 4.08. The molecule has 0 radical (unpaired) electrons. The summed E-state index contributed by atoms with van der Waals surface area (Å²) in [5.74, 6) is 0.830. The number of fused-ring (bicyclic) bond motifs is 1. The van der Waals surface area contributed by atoms with E-state index in [9.17, 15) is 4.39 Å². The number of imidazole rings is 1. The molecule has 0 N–H and O–H groups in total. The second-order valence-corrected chi connectivity index (χ2v) is 6.79. The first-order valence-corrected chi connectivity index (χ1v) is 7.71. The molecule has 0 saturated carbocycles.